The lowest BCUT2D eigenvalue weighted by atomic mass is 10.1. The highest BCUT2D eigenvalue weighted by atomic mass is 16.5. The molecule has 0 spiro atoms. The van der Waals surface area contributed by atoms with Gasteiger partial charge in [-0.1, -0.05) is 13.8 Å². The molecular weight excluding hydrogens is 304 g/mol. The Morgan fingerprint density at radius 3 is 2.54 bits per heavy atom. The minimum atomic E-state index is -0.0947. The molecule has 0 saturated carbocycles. The number of unbranched alkanes of at least 4 members (excludes halogenated alkanes) is 1. The van der Waals surface area contributed by atoms with Crippen LogP contribution in [-0.4, -0.2) is 51.2 Å². The summed E-state index contributed by atoms with van der Waals surface area (Å²) in [6, 6.07) is 5.49. The molecule has 134 valence electrons. The molecule has 0 radical (unpaired) electrons. The number of hydrogen-bond acceptors (Lipinski definition) is 4. The van der Waals surface area contributed by atoms with E-state index in [0.717, 1.165) is 43.8 Å². The summed E-state index contributed by atoms with van der Waals surface area (Å²) in [4.78, 5) is 14.3. The predicted molar refractivity (Wildman–Crippen MR) is 98.6 cm³/mol. The number of carbonyl (C=O) groups is 1. The second-order valence-corrected chi connectivity index (χ2v) is 5.47. The van der Waals surface area contributed by atoms with Crippen LogP contribution < -0.4 is 14.8 Å². The Hall–Kier alpha value is -2.01. The van der Waals surface area contributed by atoms with Gasteiger partial charge in [0.1, 0.15) is 11.5 Å². The number of rotatable bonds is 11. The molecule has 1 N–H and O–H groups in total. The van der Waals surface area contributed by atoms with Crippen molar-refractivity contribution in [2.45, 2.75) is 26.7 Å². The third-order valence-electron chi connectivity index (χ3n) is 3.95. The molecule has 0 bridgehead atoms. The van der Waals surface area contributed by atoms with Crippen LogP contribution in [0.15, 0.2) is 24.3 Å². The lowest BCUT2D eigenvalue weighted by molar-refractivity contribution is -0.116. The number of ether oxygens (including phenoxy) is 2. The largest absolute Gasteiger partial charge is 0.497 e. The molecule has 24 heavy (non-hydrogen) atoms. The van der Waals surface area contributed by atoms with Gasteiger partial charge in [-0.3, -0.25) is 4.79 Å². The van der Waals surface area contributed by atoms with Crippen molar-refractivity contribution in [3.8, 4) is 11.5 Å². The van der Waals surface area contributed by atoms with Gasteiger partial charge in [0.15, 0.2) is 0 Å². The van der Waals surface area contributed by atoms with Crippen molar-refractivity contribution in [1.29, 1.82) is 0 Å². The highest BCUT2D eigenvalue weighted by Crippen LogP contribution is 2.24. The van der Waals surface area contributed by atoms with Crippen molar-refractivity contribution in [3.63, 3.8) is 0 Å². The van der Waals surface area contributed by atoms with Crippen LogP contribution in [0.5, 0.6) is 11.5 Å². The molecule has 0 atom stereocenters. The molecule has 0 aliphatic rings. The maximum atomic E-state index is 11.9. The summed E-state index contributed by atoms with van der Waals surface area (Å²) in [6.07, 6.45) is 5.35. The first kappa shape index (κ1) is 20.0. The lowest BCUT2D eigenvalue weighted by Gasteiger charge is -2.17. The molecule has 0 heterocycles. The highest BCUT2D eigenvalue weighted by Gasteiger charge is 2.03. The summed E-state index contributed by atoms with van der Waals surface area (Å²) < 4.78 is 10.5. The van der Waals surface area contributed by atoms with Crippen LogP contribution in [0.25, 0.3) is 6.08 Å². The van der Waals surface area contributed by atoms with E-state index >= 15 is 0 Å². The molecule has 0 unspecified atom stereocenters. The fourth-order valence-electron chi connectivity index (χ4n) is 2.41. The molecule has 0 aliphatic carbocycles. The smallest absolute Gasteiger partial charge is 0.244 e. The monoisotopic (exact) mass is 334 g/mol. The Morgan fingerprint density at radius 1 is 1.17 bits per heavy atom. The Bertz CT molecular complexity index is 525. The average Bonchev–Trinajstić information content (AvgIpc) is 2.62. The van der Waals surface area contributed by atoms with Crippen LogP contribution in [0.3, 0.4) is 0 Å². The van der Waals surface area contributed by atoms with Crippen molar-refractivity contribution < 1.29 is 14.3 Å². The van der Waals surface area contributed by atoms with E-state index in [1.807, 2.05) is 18.2 Å². The van der Waals surface area contributed by atoms with Crippen molar-refractivity contribution in [2.75, 3.05) is 40.4 Å². The van der Waals surface area contributed by atoms with E-state index in [-0.39, 0.29) is 5.91 Å². The average molecular weight is 334 g/mol. The predicted octanol–water partition coefficient (Wildman–Crippen LogP) is 2.96. The Morgan fingerprint density at radius 2 is 1.92 bits per heavy atom. The zero-order valence-corrected chi connectivity index (χ0v) is 15.3. The third kappa shape index (κ3) is 7.04. The minimum Gasteiger partial charge on any atom is -0.497 e. The zero-order chi connectivity index (χ0) is 17.8. The normalized spacial score (nSPS) is 11.0. The maximum absolute atomic E-state index is 11.9. The standard InChI is InChI=1S/C19H30N2O3/c1-5-21(6-2)14-8-7-13-20-19(22)12-9-16-15-17(23-3)10-11-18(16)24-4/h9-12,15H,5-8,13-14H2,1-4H3,(H,20,22)/b12-9+. The van der Waals surface area contributed by atoms with Crippen LogP contribution in [0, 0.1) is 0 Å². The van der Waals surface area contributed by atoms with Crippen LogP contribution in [0.2, 0.25) is 0 Å². The molecule has 0 aromatic heterocycles. The molecule has 5 nitrogen and oxygen atoms in total. The van der Waals surface area contributed by atoms with Crippen LogP contribution in [0.4, 0.5) is 0 Å². The van der Waals surface area contributed by atoms with Gasteiger partial charge in [-0.15, -0.1) is 0 Å². The van der Waals surface area contributed by atoms with E-state index in [1.165, 1.54) is 6.08 Å². The van der Waals surface area contributed by atoms with Crippen molar-refractivity contribution in [1.82, 2.24) is 10.2 Å². The first-order valence-corrected chi connectivity index (χ1v) is 8.54. The first-order valence-electron chi connectivity index (χ1n) is 8.54. The van der Waals surface area contributed by atoms with E-state index < -0.39 is 0 Å². The molecule has 0 fully saturated rings. The molecule has 5 heteroatoms. The van der Waals surface area contributed by atoms with E-state index in [4.69, 9.17) is 9.47 Å². The Balaban J connectivity index is 2.41. The van der Waals surface area contributed by atoms with Crippen LogP contribution >= 0.6 is 0 Å². The molecule has 1 aromatic carbocycles. The summed E-state index contributed by atoms with van der Waals surface area (Å²) in [7, 11) is 3.22. The number of methoxy groups -OCH3 is 2. The summed E-state index contributed by atoms with van der Waals surface area (Å²) in [6.45, 7) is 8.27. The Kier molecular flexibility index (Phi) is 9.61. The fraction of sp³-hybridized carbons (Fsp3) is 0.526. The summed E-state index contributed by atoms with van der Waals surface area (Å²) in [5.74, 6) is 1.34. The van der Waals surface area contributed by atoms with Gasteiger partial charge in [0.05, 0.1) is 14.2 Å². The third-order valence-corrected chi connectivity index (χ3v) is 3.95. The number of nitrogens with one attached hydrogen (secondary N) is 1. The summed E-state index contributed by atoms with van der Waals surface area (Å²) in [5, 5.41) is 2.91. The van der Waals surface area contributed by atoms with Crippen molar-refractivity contribution in [2.24, 2.45) is 0 Å². The number of nitrogens with zero attached hydrogens (tertiary/aromatic N) is 1. The maximum Gasteiger partial charge on any atom is 0.244 e. The molecule has 1 aromatic rings. The molecule has 0 aliphatic heterocycles. The lowest BCUT2D eigenvalue weighted by Crippen LogP contribution is -2.26. The molecule has 1 amide bonds. The van der Waals surface area contributed by atoms with Gasteiger partial charge >= 0.3 is 0 Å². The molecule has 0 saturated heterocycles. The number of carbonyl (C=O) groups excluding carboxylic acids is 1. The summed E-state index contributed by atoms with van der Waals surface area (Å²) >= 11 is 0. The number of amides is 1. The van der Waals surface area contributed by atoms with Gasteiger partial charge in [-0.2, -0.15) is 0 Å². The van der Waals surface area contributed by atoms with Crippen LogP contribution in [0.1, 0.15) is 32.3 Å². The second-order valence-electron chi connectivity index (χ2n) is 5.47. The first-order chi connectivity index (χ1) is 11.6. The van der Waals surface area contributed by atoms with E-state index in [9.17, 15) is 4.79 Å². The Labute approximate surface area is 145 Å². The molecule has 1 rings (SSSR count). The van der Waals surface area contributed by atoms with Gasteiger partial charge in [0, 0.05) is 18.2 Å². The van der Waals surface area contributed by atoms with E-state index in [0.29, 0.717) is 12.3 Å². The van der Waals surface area contributed by atoms with Crippen molar-refractivity contribution >= 4 is 12.0 Å². The van der Waals surface area contributed by atoms with Crippen molar-refractivity contribution in [3.05, 3.63) is 29.8 Å². The number of hydrogen-bond donors (Lipinski definition) is 1. The van der Waals surface area contributed by atoms with Crippen LogP contribution in [-0.2, 0) is 4.79 Å². The summed E-state index contributed by atoms with van der Waals surface area (Å²) in [5.41, 5.74) is 0.813. The van der Waals surface area contributed by atoms with E-state index in [2.05, 4.69) is 24.1 Å². The van der Waals surface area contributed by atoms with Gasteiger partial charge in [-0.05, 0) is 56.8 Å². The minimum absolute atomic E-state index is 0.0947. The van der Waals surface area contributed by atoms with Gasteiger partial charge in [-0.25, -0.2) is 0 Å². The highest BCUT2D eigenvalue weighted by molar-refractivity contribution is 5.92. The van der Waals surface area contributed by atoms with E-state index in [1.54, 1.807) is 20.3 Å². The SMILES string of the molecule is CCN(CC)CCCCNC(=O)/C=C/c1cc(OC)ccc1OC. The quantitative estimate of drug-likeness (QED) is 0.499. The van der Waals surface area contributed by atoms with Gasteiger partial charge < -0.3 is 19.7 Å². The fourth-order valence-corrected chi connectivity index (χ4v) is 2.41. The zero-order valence-electron chi connectivity index (χ0n) is 15.3. The van der Waals surface area contributed by atoms with Gasteiger partial charge in [0.2, 0.25) is 5.91 Å². The molecular formula is C19H30N2O3. The topological polar surface area (TPSA) is 50.8 Å². The second kappa shape index (κ2) is 11.5. The number of benzene rings is 1. The van der Waals surface area contributed by atoms with Gasteiger partial charge in [0.25, 0.3) is 0 Å².